The van der Waals surface area contributed by atoms with Crippen molar-refractivity contribution in [2.24, 2.45) is 0 Å². The molecule has 0 aliphatic carbocycles. The number of sulfonamides is 1. The Hall–Kier alpha value is -1.68. The molecule has 6 nitrogen and oxygen atoms in total. The fourth-order valence-electron chi connectivity index (χ4n) is 2.55. The molecule has 1 aliphatic heterocycles. The fourth-order valence-corrected chi connectivity index (χ4v) is 5.41. The largest absolute Gasteiger partial charge is 0.497 e. The third-order valence-corrected chi connectivity index (χ3v) is 7.59. The number of benzene rings is 1. The molecule has 0 bridgehead atoms. The molecule has 0 unspecified atom stereocenters. The summed E-state index contributed by atoms with van der Waals surface area (Å²) in [5.41, 5.74) is 0.874. The maximum Gasteiger partial charge on any atom is 0.252 e. The van der Waals surface area contributed by atoms with Gasteiger partial charge in [-0.2, -0.15) is 4.31 Å². The van der Waals surface area contributed by atoms with Crippen molar-refractivity contribution in [3.8, 4) is 5.75 Å². The van der Waals surface area contributed by atoms with Crippen LogP contribution in [0.5, 0.6) is 5.75 Å². The Bertz CT molecular complexity index is 812. The molecule has 2 heterocycles. The Morgan fingerprint density at radius 1 is 1.16 bits per heavy atom. The van der Waals surface area contributed by atoms with Gasteiger partial charge in [0.2, 0.25) is 0 Å². The van der Waals surface area contributed by atoms with E-state index in [-0.39, 0.29) is 0 Å². The number of hydrogen-bond donors (Lipinski definition) is 1. The number of methoxy groups -OCH3 is 1. The quantitative estimate of drug-likeness (QED) is 0.800. The van der Waals surface area contributed by atoms with Crippen LogP contribution in [0.1, 0.15) is 0 Å². The van der Waals surface area contributed by atoms with E-state index in [0.29, 0.717) is 35.5 Å². The molecule has 0 spiro atoms. The Morgan fingerprint density at radius 2 is 1.84 bits per heavy atom. The zero-order valence-corrected chi connectivity index (χ0v) is 16.2. The van der Waals surface area contributed by atoms with Gasteiger partial charge in [-0.15, -0.1) is 11.3 Å². The molecule has 1 aromatic heterocycles. The maximum atomic E-state index is 12.5. The lowest BCUT2D eigenvalue weighted by atomic mass is 10.3. The zero-order chi connectivity index (χ0) is 17.9. The van der Waals surface area contributed by atoms with E-state index in [0.717, 1.165) is 11.4 Å². The number of ether oxygens (including phenoxy) is 1. The Balaban J connectivity index is 1.57. The number of nitrogens with one attached hydrogen (secondary N) is 1. The maximum absolute atomic E-state index is 12.5. The van der Waals surface area contributed by atoms with Gasteiger partial charge in [0, 0.05) is 31.9 Å². The normalized spacial score (nSPS) is 15.8. The van der Waals surface area contributed by atoms with E-state index in [1.165, 1.54) is 15.6 Å². The molecule has 3 rings (SSSR count). The summed E-state index contributed by atoms with van der Waals surface area (Å²) in [6, 6.07) is 10.9. The van der Waals surface area contributed by atoms with Crippen molar-refractivity contribution in [1.82, 2.24) is 9.21 Å². The second-order valence-corrected chi connectivity index (χ2v) is 8.98. The second kappa shape index (κ2) is 7.69. The van der Waals surface area contributed by atoms with Crippen molar-refractivity contribution < 1.29 is 13.2 Å². The molecule has 25 heavy (non-hydrogen) atoms. The van der Waals surface area contributed by atoms with Gasteiger partial charge in [-0.3, -0.25) is 0 Å². The van der Waals surface area contributed by atoms with Crippen molar-refractivity contribution in [3.63, 3.8) is 0 Å². The van der Waals surface area contributed by atoms with E-state index in [9.17, 15) is 8.42 Å². The van der Waals surface area contributed by atoms with Gasteiger partial charge in [0.25, 0.3) is 10.0 Å². The van der Waals surface area contributed by atoms with Gasteiger partial charge in [-0.1, -0.05) is 6.07 Å². The molecule has 1 N–H and O–H groups in total. The van der Waals surface area contributed by atoms with E-state index in [2.05, 4.69) is 5.32 Å². The van der Waals surface area contributed by atoms with Gasteiger partial charge in [-0.25, -0.2) is 8.42 Å². The van der Waals surface area contributed by atoms with E-state index in [1.807, 2.05) is 29.2 Å². The predicted octanol–water partition coefficient (Wildman–Crippen LogP) is 2.46. The van der Waals surface area contributed by atoms with Crippen molar-refractivity contribution in [3.05, 3.63) is 41.8 Å². The second-order valence-electron chi connectivity index (χ2n) is 5.48. The third-order valence-electron chi connectivity index (χ3n) is 3.96. The molecule has 0 radical (unpaired) electrons. The monoisotopic (exact) mass is 397 g/mol. The number of thiophene rings is 1. The lowest BCUT2D eigenvalue weighted by molar-refractivity contribution is 0.269. The van der Waals surface area contributed by atoms with E-state index >= 15 is 0 Å². The Kier molecular flexibility index (Phi) is 5.57. The van der Waals surface area contributed by atoms with Crippen LogP contribution in [-0.4, -0.2) is 56.0 Å². The topological polar surface area (TPSA) is 61.9 Å². The number of thiocarbonyl (C=S) groups is 1. The molecule has 1 aliphatic rings. The molecule has 0 saturated carbocycles. The first-order valence-corrected chi connectivity index (χ1v) is 10.5. The summed E-state index contributed by atoms with van der Waals surface area (Å²) >= 11 is 6.69. The molecule has 9 heteroatoms. The summed E-state index contributed by atoms with van der Waals surface area (Å²) in [6.07, 6.45) is 0. The zero-order valence-electron chi connectivity index (χ0n) is 13.7. The van der Waals surface area contributed by atoms with Crippen LogP contribution in [0.4, 0.5) is 5.69 Å². The first-order chi connectivity index (χ1) is 12.0. The van der Waals surface area contributed by atoms with E-state index < -0.39 is 10.0 Å². The van der Waals surface area contributed by atoms with Gasteiger partial charge < -0.3 is 15.0 Å². The van der Waals surface area contributed by atoms with Crippen LogP contribution >= 0.6 is 23.6 Å². The number of anilines is 1. The van der Waals surface area contributed by atoms with Gasteiger partial charge >= 0.3 is 0 Å². The van der Waals surface area contributed by atoms with Gasteiger partial charge in [-0.05, 0) is 47.9 Å². The first kappa shape index (κ1) is 18.1. The van der Waals surface area contributed by atoms with E-state index in [1.54, 1.807) is 24.6 Å². The van der Waals surface area contributed by atoms with Crippen LogP contribution in [0.15, 0.2) is 46.0 Å². The fraction of sp³-hybridized carbons (Fsp3) is 0.312. The van der Waals surface area contributed by atoms with Crippen molar-refractivity contribution in [2.45, 2.75) is 4.21 Å². The minimum absolute atomic E-state index is 0.389. The highest BCUT2D eigenvalue weighted by molar-refractivity contribution is 7.91. The van der Waals surface area contributed by atoms with Crippen molar-refractivity contribution in [1.29, 1.82) is 0 Å². The standard InChI is InChI=1S/C16H19N3O3S3/c1-22-14-6-4-13(5-7-14)17-16(23)18-8-10-19(11-9-18)25(20,21)15-3-2-12-24-15/h2-7,12H,8-11H2,1H3,(H,17,23). The summed E-state index contributed by atoms with van der Waals surface area (Å²) in [5, 5.41) is 5.55. The van der Waals surface area contributed by atoms with Gasteiger partial charge in [0.05, 0.1) is 7.11 Å². The average Bonchev–Trinajstić information content (AvgIpc) is 3.18. The summed E-state index contributed by atoms with van der Waals surface area (Å²) < 4.78 is 32.1. The molecule has 1 saturated heterocycles. The van der Waals surface area contributed by atoms with Crippen molar-refractivity contribution >= 4 is 44.4 Å². The number of piperazine rings is 1. The number of hydrogen-bond acceptors (Lipinski definition) is 5. The Morgan fingerprint density at radius 3 is 2.40 bits per heavy atom. The molecule has 1 aromatic carbocycles. The summed E-state index contributed by atoms with van der Waals surface area (Å²) in [4.78, 5) is 1.99. The van der Waals surface area contributed by atoms with Crippen LogP contribution in [0.2, 0.25) is 0 Å². The van der Waals surface area contributed by atoms with Crippen LogP contribution in [0.3, 0.4) is 0 Å². The lowest BCUT2D eigenvalue weighted by Crippen LogP contribution is -2.51. The summed E-state index contributed by atoms with van der Waals surface area (Å²) in [5.74, 6) is 0.781. The van der Waals surface area contributed by atoms with Crippen LogP contribution < -0.4 is 10.1 Å². The molecule has 2 aromatic rings. The predicted molar refractivity (Wildman–Crippen MR) is 104 cm³/mol. The van der Waals surface area contributed by atoms with Crippen LogP contribution in [0, 0.1) is 0 Å². The minimum atomic E-state index is -3.39. The highest BCUT2D eigenvalue weighted by Crippen LogP contribution is 2.22. The molecular weight excluding hydrogens is 378 g/mol. The molecule has 1 fully saturated rings. The average molecular weight is 398 g/mol. The minimum Gasteiger partial charge on any atom is -0.497 e. The highest BCUT2D eigenvalue weighted by atomic mass is 32.2. The van der Waals surface area contributed by atoms with Crippen LogP contribution in [0.25, 0.3) is 0 Å². The van der Waals surface area contributed by atoms with Gasteiger partial charge in [0.15, 0.2) is 5.11 Å². The molecule has 134 valence electrons. The number of nitrogens with zero attached hydrogens (tertiary/aromatic N) is 2. The van der Waals surface area contributed by atoms with Gasteiger partial charge in [0.1, 0.15) is 9.96 Å². The molecule has 0 amide bonds. The third kappa shape index (κ3) is 4.12. The highest BCUT2D eigenvalue weighted by Gasteiger charge is 2.29. The van der Waals surface area contributed by atoms with Crippen molar-refractivity contribution in [2.75, 3.05) is 38.6 Å². The first-order valence-electron chi connectivity index (χ1n) is 7.74. The SMILES string of the molecule is COc1ccc(NC(=S)N2CCN(S(=O)(=O)c3cccs3)CC2)cc1. The smallest absolute Gasteiger partial charge is 0.252 e. The Labute approximate surface area is 157 Å². The molecule has 0 atom stereocenters. The molecular formula is C16H19N3O3S3. The lowest BCUT2D eigenvalue weighted by Gasteiger charge is -2.35. The summed E-state index contributed by atoms with van der Waals surface area (Å²) in [7, 11) is -1.76. The summed E-state index contributed by atoms with van der Waals surface area (Å²) in [6.45, 7) is 1.97. The van der Waals surface area contributed by atoms with Crippen LogP contribution in [-0.2, 0) is 10.0 Å². The number of rotatable bonds is 4. The van der Waals surface area contributed by atoms with E-state index in [4.69, 9.17) is 17.0 Å².